The van der Waals surface area contributed by atoms with Gasteiger partial charge in [0.2, 0.25) is 5.91 Å². The molecule has 240 valence electrons. The predicted molar refractivity (Wildman–Crippen MR) is 176 cm³/mol. The standard InChI is InChI=1S/C35H36F3N5O2S/c1-21(2)29-14-5-22(3)17-31(29)43-23(4)15-16-46-34(43)40-32(44)19-26-18-30(26)24-6-8-25(9-7-24)33-39-20-42(41-33)27-10-12-28(13-11-27)45-35(36,37)38/h5-14,17,20-21,23,26,30H,15-16,18-19H2,1-4H3. The van der Waals surface area contributed by atoms with Crippen LogP contribution >= 0.6 is 11.8 Å². The Morgan fingerprint density at radius 2 is 1.83 bits per heavy atom. The van der Waals surface area contributed by atoms with E-state index in [-0.39, 0.29) is 23.6 Å². The van der Waals surface area contributed by atoms with E-state index in [4.69, 9.17) is 0 Å². The lowest BCUT2D eigenvalue weighted by Gasteiger charge is -2.37. The summed E-state index contributed by atoms with van der Waals surface area (Å²) in [6.45, 7) is 8.71. The topological polar surface area (TPSA) is 72.6 Å². The molecule has 3 unspecified atom stereocenters. The lowest BCUT2D eigenvalue weighted by Crippen LogP contribution is -2.42. The molecule has 11 heteroatoms. The monoisotopic (exact) mass is 647 g/mol. The molecule has 1 aliphatic carbocycles. The first-order valence-electron chi connectivity index (χ1n) is 15.5. The Morgan fingerprint density at radius 1 is 1.09 bits per heavy atom. The first-order valence-corrected chi connectivity index (χ1v) is 16.5. The van der Waals surface area contributed by atoms with Crippen molar-refractivity contribution in [1.82, 2.24) is 14.8 Å². The van der Waals surface area contributed by atoms with E-state index in [2.05, 4.69) is 70.6 Å². The number of aromatic nitrogens is 3. The third-order valence-electron chi connectivity index (χ3n) is 8.48. The van der Waals surface area contributed by atoms with Crippen molar-refractivity contribution >= 4 is 28.5 Å². The fourth-order valence-corrected chi connectivity index (χ4v) is 7.17. The zero-order valence-corrected chi connectivity index (χ0v) is 27.0. The van der Waals surface area contributed by atoms with Crippen molar-refractivity contribution in [1.29, 1.82) is 0 Å². The molecule has 0 spiro atoms. The van der Waals surface area contributed by atoms with Gasteiger partial charge in [0.1, 0.15) is 12.1 Å². The number of halogens is 3. The first kappa shape index (κ1) is 31.8. The summed E-state index contributed by atoms with van der Waals surface area (Å²) in [4.78, 5) is 24.6. The number of anilines is 1. The number of nitrogens with zero attached hydrogens (tertiary/aromatic N) is 5. The normalized spacial score (nSPS) is 20.7. The van der Waals surface area contributed by atoms with Crippen LogP contribution < -0.4 is 9.64 Å². The van der Waals surface area contributed by atoms with Gasteiger partial charge in [-0.15, -0.1) is 18.3 Å². The van der Waals surface area contributed by atoms with Crippen LogP contribution in [-0.4, -0.2) is 44.0 Å². The molecule has 4 aromatic rings. The van der Waals surface area contributed by atoms with Crippen LogP contribution in [0.4, 0.5) is 18.9 Å². The maximum Gasteiger partial charge on any atom is 0.573 e. The number of alkyl halides is 3. The van der Waals surface area contributed by atoms with E-state index in [0.29, 0.717) is 29.8 Å². The predicted octanol–water partition coefficient (Wildman–Crippen LogP) is 8.67. The van der Waals surface area contributed by atoms with Crippen molar-refractivity contribution in [3.63, 3.8) is 0 Å². The van der Waals surface area contributed by atoms with Crippen molar-refractivity contribution in [2.24, 2.45) is 10.9 Å². The molecule has 3 atom stereocenters. The fraction of sp³-hybridized carbons (Fsp3) is 0.371. The van der Waals surface area contributed by atoms with Crippen molar-refractivity contribution in [2.75, 3.05) is 10.7 Å². The van der Waals surface area contributed by atoms with Crippen LogP contribution in [-0.2, 0) is 4.79 Å². The Balaban J connectivity index is 1.09. The van der Waals surface area contributed by atoms with Gasteiger partial charge < -0.3 is 9.64 Å². The quantitative estimate of drug-likeness (QED) is 0.191. The second kappa shape index (κ2) is 12.9. The Labute approximate surface area is 270 Å². The number of ether oxygens (including phenoxy) is 1. The summed E-state index contributed by atoms with van der Waals surface area (Å²) in [6, 6.07) is 20.3. The molecule has 1 aliphatic heterocycles. The molecule has 1 saturated heterocycles. The molecule has 1 saturated carbocycles. The Kier molecular flexibility index (Phi) is 8.96. The lowest BCUT2D eigenvalue weighted by molar-refractivity contribution is -0.274. The van der Waals surface area contributed by atoms with Gasteiger partial charge in [0, 0.05) is 29.5 Å². The highest BCUT2D eigenvalue weighted by Crippen LogP contribution is 2.50. The van der Waals surface area contributed by atoms with Gasteiger partial charge in [-0.3, -0.25) is 4.79 Å². The zero-order chi connectivity index (χ0) is 32.6. The smallest absolute Gasteiger partial charge is 0.406 e. The van der Waals surface area contributed by atoms with Crippen molar-refractivity contribution < 1.29 is 22.7 Å². The molecule has 3 aromatic carbocycles. The van der Waals surface area contributed by atoms with E-state index in [1.165, 1.54) is 46.4 Å². The number of aliphatic imine (C=N–C) groups is 1. The molecule has 0 bridgehead atoms. The SMILES string of the molecule is Cc1ccc(C(C)C)c(N2C(=NC(=O)CC3CC3c3ccc(-c4ncn(-c5ccc(OC(F)(F)F)cc5)n4)cc3)SCCC2C)c1. The average Bonchev–Trinajstić information content (AvgIpc) is 3.58. The molecular weight excluding hydrogens is 611 g/mol. The van der Waals surface area contributed by atoms with Gasteiger partial charge in [-0.05, 0) is 91.5 Å². The van der Waals surface area contributed by atoms with Gasteiger partial charge in [0.15, 0.2) is 11.0 Å². The van der Waals surface area contributed by atoms with Gasteiger partial charge in [-0.25, -0.2) is 9.67 Å². The molecule has 2 fully saturated rings. The van der Waals surface area contributed by atoms with Gasteiger partial charge in [0.25, 0.3) is 0 Å². The maximum atomic E-state index is 13.2. The summed E-state index contributed by atoms with van der Waals surface area (Å²) < 4.78 is 42.8. The number of thioether (sulfide) groups is 1. The van der Waals surface area contributed by atoms with E-state index in [1.807, 2.05) is 24.3 Å². The van der Waals surface area contributed by atoms with Crippen LogP contribution in [0.2, 0.25) is 0 Å². The van der Waals surface area contributed by atoms with E-state index >= 15 is 0 Å². The molecular formula is C35H36F3N5O2S. The molecule has 1 amide bonds. The van der Waals surface area contributed by atoms with Crippen LogP contribution in [0, 0.1) is 12.8 Å². The minimum Gasteiger partial charge on any atom is -0.406 e. The number of hydrogen-bond donors (Lipinski definition) is 0. The van der Waals surface area contributed by atoms with E-state index in [1.54, 1.807) is 11.8 Å². The number of hydrogen-bond acceptors (Lipinski definition) is 5. The third kappa shape index (κ3) is 7.30. The number of amides is 1. The number of carbonyl (C=O) groups is 1. The number of aryl methyl sites for hydroxylation is 1. The summed E-state index contributed by atoms with van der Waals surface area (Å²) in [5.41, 5.74) is 6.15. The van der Waals surface area contributed by atoms with E-state index in [0.717, 1.165) is 40.6 Å². The van der Waals surface area contributed by atoms with Gasteiger partial charge >= 0.3 is 6.36 Å². The largest absolute Gasteiger partial charge is 0.573 e. The van der Waals surface area contributed by atoms with Gasteiger partial charge in [-0.1, -0.05) is 62.0 Å². The highest BCUT2D eigenvalue weighted by Gasteiger charge is 2.40. The molecule has 2 aliphatic rings. The highest BCUT2D eigenvalue weighted by atomic mass is 32.2. The summed E-state index contributed by atoms with van der Waals surface area (Å²) in [5.74, 6) is 2.00. The molecule has 0 N–H and O–H groups in total. The Morgan fingerprint density at radius 3 is 2.52 bits per heavy atom. The molecule has 7 nitrogen and oxygen atoms in total. The van der Waals surface area contributed by atoms with Crippen molar-refractivity contribution in [3.05, 3.63) is 89.7 Å². The van der Waals surface area contributed by atoms with Gasteiger partial charge in [0.05, 0.1) is 5.69 Å². The maximum absolute atomic E-state index is 13.2. The molecule has 0 radical (unpaired) electrons. The zero-order valence-electron chi connectivity index (χ0n) is 26.2. The van der Waals surface area contributed by atoms with Crippen LogP contribution in [0.5, 0.6) is 5.75 Å². The second-order valence-corrected chi connectivity index (χ2v) is 13.4. The van der Waals surface area contributed by atoms with Crippen LogP contribution in [0.25, 0.3) is 17.1 Å². The Bertz CT molecular complexity index is 1730. The van der Waals surface area contributed by atoms with E-state index < -0.39 is 6.36 Å². The minimum atomic E-state index is -4.74. The number of amidine groups is 1. The number of benzene rings is 3. The fourth-order valence-electron chi connectivity index (χ4n) is 5.94. The summed E-state index contributed by atoms with van der Waals surface area (Å²) in [7, 11) is 0. The molecule has 2 heterocycles. The van der Waals surface area contributed by atoms with Crippen molar-refractivity contribution in [3.8, 4) is 22.8 Å². The minimum absolute atomic E-state index is 0.0720. The number of rotatable bonds is 8. The summed E-state index contributed by atoms with van der Waals surface area (Å²) in [6.07, 6.45) is -0.829. The summed E-state index contributed by atoms with van der Waals surface area (Å²) in [5, 5.41) is 5.29. The molecule has 46 heavy (non-hydrogen) atoms. The summed E-state index contributed by atoms with van der Waals surface area (Å²) >= 11 is 1.67. The second-order valence-electron chi connectivity index (χ2n) is 12.3. The highest BCUT2D eigenvalue weighted by molar-refractivity contribution is 8.14. The lowest BCUT2D eigenvalue weighted by atomic mass is 9.98. The molecule has 1 aromatic heterocycles. The van der Waals surface area contributed by atoms with E-state index in [9.17, 15) is 18.0 Å². The Hall–Kier alpha value is -4.12. The molecule has 6 rings (SSSR count). The third-order valence-corrected chi connectivity index (χ3v) is 9.47. The number of carbonyl (C=O) groups excluding carboxylic acids is 1. The first-order chi connectivity index (χ1) is 21.9. The van der Waals surface area contributed by atoms with Crippen LogP contribution in [0.3, 0.4) is 0 Å². The van der Waals surface area contributed by atoms with Crippen LogP contribution in [0.15, 0.2) is 78.0 Å². The van der Waals surface area contributed by atoms with Gasteiger partial charge in [-0.2, -0.15) is 4.99 Å². The van der Waals surface area contributed by atoms with Crippen molar-refractivity contribution in [2.45, 2.75) is 71.2 Å². The van der Waals surface area contributed by atoms with Crippen LogP contribution in [0.1, 0.15) is 68.6 Å². The average molecular weight is 648 g/mol.